The second-order valence-electron chi connectivity index (χ2n) is 4.33. The van der Waals surface area contributed by atoms with Crippen molar-refractivity contribution in [3.05, 3.63) is 29.8 Å². The van der Waals surface area contributed by atoms with E-state index in [1.54, 1.807) is 18.2 Å². The molecule has 1 aromatic carbocycles. The number of halogens is 1. The molecule has 86 valence electrons. The molecule has 1 fully saturated rings. The third-order valence-electron chi connectivity index (χ3n) is 3.01. The molecule has 1 aliphatic rings. The Bertz CT molecular complexity index is 402. The number of hydrogen-bond donors (Lipinski definition) is 2. The predicted octanol–water partition coefficient (Wildman–Crippen LogP) is 2.14. The first-order valence-electron chi connectivity index (χ1n) is 5.29. The molecule has 16 heavy (non-hydrogen) atoms. The summed E-state index contributed by atoms with van der Waals surface area (Å²) < 4.78 is 0. The summed E-state index contributed by atoms with van der Waals surface area (Å²) >= 11 is 5.82. The van der Waals surface area contributed by atoms with Gasteiger partial charge in [-0.1, -0.05) is 12.1 Å². The highest BCUT2D eigenvalue weighted by Gasteiger charge is 2.41. The van der Waals surface area contributed by atoms with Gasteiger partial charge in [0.15, 0.2) is 0 Å². The Kier molecular flexibility index (Phi) is 3.06. The number of phenolic OH excluding ortho intramolecular Hbond substituents is 1. The molecule has 1 aliphatic carbocycles. The van der Waals surface area contributed by atoms with E-state index in [9.17, 15) is 9.90 Å². The third-order valence-corrected chi connectivity index (χ3v) is 3.58. The molecule has 0 saturated heterocycles. The number of amides is 1. The van der Waals surface area contributed by atoms with E-state index >= 15 is 0 Å². The molecule has 3 nitrogen and oxygen atoms in total. The van der Waals surface area contributed by atoms with E-state index in [1.807, 2.05) is 0 Å². The minimum absolute atomic E-state index is 0.00993. The summed E-state index contributed by atoms with van der Waals surface area (Å²) in [6, 6.07) is 6.52. The molecule has 4 heteroatoms. The van der Waals surface area contributed by atoms with Crippen LogP contribution in [0, 0.1) is 5.41 Å². The van der Waals surface area contributed by atoms with Gasteiger partial charge in [0.25, 0.3) is 5.91 Å². The number of phenols is 1. The highest BCUT2D eigenvalue weighted by Crippen LogP contribution is 2.45. The number of benzene rings is 1. The Morgan fingerprint density at radius 3 is 2.69 bits per heavy atom. The van der Waals surface area contributed by atoms with Gasteiger partial charge in [0.2, 0.25) is 0 Å². The Morgan fingerprint density at radius 1 is 1.44 bits per heavy atom. The second-order valence-corrected chi connectivity index (χ2v) is 4.60. The Labute approximate surface area is 99.4 Å². The molecular formula is C12H14ClNO2. The van der Waals surface area contributed by atoms with Gasteiger partial charge in [0.1, 0.15) is 5.75 Å². The largest absolute Gasteiger partial charge is 0.507 e. The van der Waals surface area contributed by atoms with Crippen molar-refractivity contribution in [2.24, 2.45) is 5.41 Å². The van der Waals surface area contributed by atoms with Crippen molar-refractivity contribution >= 4 is 17.5 Å². The van der Waals surface area contributed by atoms with Crippen LogP contribution in [0.4, 0.5) is 0 Å². The highest BCUT2D eigenvalue weighted by atomic mass is 35.5. The molecule has 1 aromatic rings. The normalized spacial score (nSPS) is 16.8. The summed E-state index contributed by atoms with van der Waals surface area (Å²) in [6.45, 7) is 0.587. The van der Waals surface area contributed by atoms with Crippen LogP contribution in [0.25, 0.3) is 0 Å². The summed E-state index contributed by atoms with van der Waals surface area (Å²) in [6.07, 6.45) is 2.13. The number of carbonyl (C=O) groups is 1. The van der Waals surface area contributed by atoms with Crippen LogP contribution in [-0.4, -0.2) is 23.4 Å². The van der Waals surface area contributed by atoms with E-state index in [0.29, 0.717) is 18.0 Å². The Hall–Kier alpha value is -1.22. The van der Waals surface area contributed by atoms with Crippen LogP contribution in [0.2, 0.25) is 0 Å². The number of hydrogen-bond acceptors (Lipinski definition) is 2. The summed E-state index contributed by atoms with van der Waals surface area (Å²) in [4.78, 5) is 11.7. The zero-order valence-corrected chi connectivity index (χ0v) is 9.63. The van der Waals surface area contributed by atoms with E-state index in [-0.39, 0.29) is 17.1 Å². The fraction of sp³-hybridized carbons (Fsp3) is 0.417. The standard InChI is InChI=1S/C12H14ClNO2/c13-7-12(5-6-12)8-14-11(16)9-3-1-2-4-10(9)15/h1-4,15H,5-8H2,(H,14,16). The molecule has 2 rings (SSSR count). The third kappa shape index (κ3) is 2.30. The number of rotatable bonds is 4. The molecule has 0 aliphatic heterocycles. The summed E-state index contributed by atoms with van der Waals surface area (Å²) in [5.74, 6) is 0.346. The van der Waals surface area contributed by atoms with Gasteiger partial charge in [-0.05, 0) is 25.0 Å². The van der Waals surface area contributed by atoms with Crippen LogP contribution in [0.1, 0.15) is 23.2 Å². The zero-order chi connectivity index (χ0) is 11.6. The average molecular weight is 240 g/mol. The van der Waals surface area contributed by atoms with Gasteiger partial charge in [-0.3, -0.25) is 4.79 Å². The minimum Gasteiger partial charge on any atom is -0.507 e. The lowest BCUT2D eigenvalue weighted by atomic mass is 10.1. The van der Waals surface area contributed by atoms with Crippen molar-refractivity contribution in [3.63, 3.8) is 0 Å². The van der Waals surface area contributed by atoms with Crippen LogP contribution in [0.3, 0.4) is 0 Å². The molecule has 0 unspecified atom stereocenters. The first kappa shape index (κ1) is 11.3. The highest BCUT2D eigenvalue weighted by molar-refractivity contribution is 6.18. The van der Waals surface area contributed by atoms with E-state index in [2.05, 4.69) is 5.32 Å². The van der Waals surface area contributed by atoms with Crippen molar-refractivity contribution in [1.29, 1.82) is 0 Å². The maximum absolute atomic E-state index is 11.7. The van der Waals surface area contributed by atoms with Gasteiger partial charge < -0.3 is 10.4 Å². The number of para-hydroxylation sites is 1. The molecule has 0 radical (unpaired) electrons. The summed E-state index contributed by atoms with van der Waals surface area (Å²) in [7, 11) is 0. The average Bonchev–Trinajstić information content (AvgIpc) is 3.07. The summed E-state index contributed by atoms with van der Waals surface area (Å²) in [5.41, 5.74) is 0.412. The molecule has 0 heterocycles. The fourth-order valence-electron chi connectivity index (χ4n) is 1.56. The summed E-state index contributed by atoms with van der Waals surface area (Å²) in [5, 5.41) is 12.3. The van der Waals surface area contributed by atoms with E-state index < -0.39 is 0 Å². The van der Waals surface area contributed by atoms with Crippen molar-refractivity contribution in [2.45, 2.75) is 12.8 Å². The van der Waals surface area contributed by atoms with E-state index in [1.165, 1.54) is 6.07 Å². The molecule has 2 N–H and O–H groups in total. The van der Waals surface area contributed by atoms with Crippen LogP contribution in [-0.2, 0) is 0 Å². The van der Waals surface area contributed by atoms with Crippen LogP contribution < -0.4 is 5.32 Å². The van der Waals surface area contributed by atoms with Crippen LogP contribution in [0.5, 0.6) is 5.75 Å². The molecule has 1 saturated carbocycles. The lowest BCUT2D eigenvalue weighted by Crippen LogP contribution is -2.31. The molecule has 0 bridgehead atoms. The van der Waals surface area contributed by atoms with Crippen molar-refractivity contribution in [1.82, 2.24) is 5.32 Å². The molecule has 0 aromatic heterocycles. The van der Waals surface area contributed by atoms with Crippen molar-refractivity contribution in [2.75, 3.05) is 12.4 Å². The Balaban J connectivity index is 1.96. The smallest absolute Gasteiger partial charge is 0.255 e. The predicted molar refractivity (Wildman–Crippen MR) is 62.8 cm³/mol. The van der Waals surface area contributed by atoms with Crippen molar-refractivity contribution in [3.8, 4) is 5.75 Å². The fourth-order valence-corrected chi connectivity index (χ4v) is 1.92. The lowest BCUT2D eigenvalue weighted by Gasteiger charge is -2.12. The molecule has 1 amide bonds. The van der Waals surface area contributed by atoms with Gasteiger partial charge >= 0.3 is 0 Å². The van der Waals surface area contributed by atoms with Crippen LogP contribution in [0.15, 0.2) is 24.3 Å². The first-order valence-corrected chi connectivity index (χ1v) is 5.82. The van der Waals surface area contributed by atoms with Gasteiger partial charge in [0, 0.05) is 17.8 Å². The van der Waals surface area contributed by atoms with Gasteiger partial charge in [-0.15, -0.1) is 11.6 Å². The minimum atomic E-state index is -0.241. The van der Waals surface area contributed by atoms with E-state index in [4.69, 9.17) is 11.6 Å². The maximum Gasteiger partial charge on any atom is 0.255 e. The maximum atomic E-state index is 11.7. The molecule has 0 spiro atoms. The van der Waals surface area contributed by atoms with Gasteiger partial charge in [-0.2, -0.15) is 0 Å². The lowest BCUT2D eigenvalue weighted by molar-refractivity contribution is 0.0944. The van der Waals surface area contributed by atoms with Gasteiger partial charge in [-0.25, -0.2) is 0 Å². The SMILES string of the molecule is O=C(NCC1(CCl)CC1)c1ccccc1O. The number of carbonyl (C=O) groups excluding carboxylic acids is 1. The first-order chi connectivity index (χ1) is 7.67. The Morgan fingerprint density at radius 2 is 2.12 bits per heavy atom. The zero-order valence-electron chi connectivity index (χ0n) is 8.87. The number of alkyl halides is 1. The van der Waals surface area contributed by atoms with Crippen LogP contribution >= 0.6 is 11.6 Å². The van der Waals surface area contributed by atoms with Gasteiger partial charge in [0.05, 0.1) is 5.56 Å². The molecular weight excluding hydrogens is 226 g/mol. The monoisotopic (exact) mass is 239 g/mol. The number of aromatic hydroxyl groups is 1. The second kappa shape index (κ2) is 4.34. The quantitative estimate of drug-likeness (QED) is 0.791. The van der Waals surface area contributed by atoms with E-state index in [0.717, 1.165) is 12.8 Å². The molecule has 0 atom stereocenters. The topological polar surface area (TPSA) is 49.3 Å². The van der Waals surface area contributed by atoms with Crippen molar-refractivity contribution < 1.29 is 9.90 Å². The number of nitrogens with one attached hydrogen (secondary N) is 1.